The van der Waals surface area contributed by atoms with Crippen molar-refractivity contribution in [2.45, 2.75) is 19.7 Å². The van der Waals surface area contributed by atoms with Crippen molar-refractivity contribution in [3.05, 3.63) is 59.7 Å². The van der Waals surface area contributed by atoms with Crippen molar-refractivity contribution in [1.82, 2.24) is 4.90 Å². The zero-order valence-corrected chi connectivity index (χ0v) is 15.2. The van der Waals surface area contributed by atoms with E-state index in [9.17, 15) is 31.5 Å². The number of likely N-dealkylation sites (N-methyl/N-ethyl adjacent to an activating group) is 1. The number of nitrogens with zero attached hydrogens (tertiary/aromatic N) is 1. The van der Waals surface area contributed by atoms with Crippen molar-refractivity contribution in [3.8, 4) is 5.75 Å². The molecule has 2 aromatic carbocycles. The Morgan fingerprint density at radius 1 is 1.07 bits per heavy atom. The van der Waals surface area contributed by atoms with Crippen molar-refractivity contribution >= 4 is 17.5 Å². The molecular formula is C19H17F5N2O3. The summed E-state index contributed by atoms with van der Waals surface area (Å²) in [6.45, 7) is -1.81. The lowest BCUT2D eigenvalue weighted by atomic mass is 10.1. The molecule has 0 saturated heterocycles. The minimum atomic E-state index is -4.65. The summed E-state index contributed by atoms with van der Waals surface area (Å²) in [6, 6.07) is 9.33. The van der Waals surface area contributed by atoms with E-state index in [0.29, 0.717) is 0 Å². The van der Waals surface area contributed by atoms with Gasteiger partial charge in [-0.1, -0.05) is 12.1 Å². The largest absolute Gasteiger partial charge is 0.435 e. The van der Waals surface area contributed by atoms with E-state index < -0.39 is 42.4 Å². The molecule has 10 heteroatoms. The predicted octanol–water partition coefficient (Wildman–Crippen LogP) is 4.41. The van der Waals surface area contributed by atoms with Crippen LogP contribution in [-0.4, -0.2) is 36.4 Å². The summed E-state index contributed by atoms with van der Waals surface area (Å²) in [5.41, 5.74) is -1.31. The van der Waals surface area contributed by atoms with Crippen molar-refractivity contribution in [3.63, 3.8) is 0 Å². The molecular weight excluding hydrogens is 399 g/mol. The number of nitrogens with one attached hydrogen (secondary N) is 1. The van der Waals surface area contributed by atoms with Crippen LogP contribution >= 0.6 is 0 Å². The molecule has 0 atom stereocenters. The molecule has 0 heterocycles. The fraction of sp³-hybridized carbons (Fsp3) is 0.263. The molecule has 0 bridgehead atoms. The molecule has 2 amide bonds. The molecule has 0 spiro atoms. The average Bonchev–Trinajstić information content (AvgIpc) is 2.65. The lowest BCUT2D eigenvalue weighted by molar-refractivity contribution is -0.137. The summed E-state index contributed by atoms with van der Waals surface area (Å²) < 4.78 is 67.6. The van der Waals surface area contributed by atoms with Crippen LogP contribution in [0, 0.1) is 0 Å². The fourth-order valence-corrected chi connectivity index (χ4v) is 2.49. The van der Waals surface area contributed by atoms with E-state index in [4.69, 9.17) is 0 Å². The van der Waals surface area contributed by atoms with Gasteiger partial charge in [-0.15, -0.1) is 0 Å². The van der Waals surface area contributed by atoms with E-state index in [1.54, 1.807) is 6.92 Å². The van der Waals surface area contributed by atoms with E-state index >= 15 is 0 Å². The first kappa shape index (κ1) is 22.1. The van der Waals surface area contributed by atoms with Gasteiger partial charge in [0.1, 0.15) is 12.3 Å². The Bertz CT molecular complexity index is 854. The monoisotopic (exact) mass is 416 g/mol. The Labute approximate surface area is 163 Å². The third kappa shape index (κ3) is 6.16. The number of ether oxygens (including phenoxy) is 1. The predicted molar refractivity (Wildman–Crippen MR) is 94.7 cm³/mol. The highest BCUT2D eigenvalue weighted by molar-refractivity contribution is 5.99. The van der Waals surface area contributed by atoms with E-state index in [-0.39, 0.29) is 17.9 Å². The number of carbonyl (C=O) groups excluding carboxylic acids is 2. The second-order valence-electron chi connectivity index (χ2n) is 5.81. The number of hydrogen-bond donors (Lipinski definition) is 1. The van der Waals surface area contributed by atoms with E-state index in [1.165, 1.54) is 36.4 Å². The standard InChI is InChI=1S/C19H17F5N2O3/c1-2-26(17(28)12-7-9-13(10-8-12)29-18(20)21)11-16(27)25-15-6-4-3-5-14(15)19(22,23)24/h3-10,18H,2,11H2,1H3,(H,25,27). The van der Waals surface area contributed by atoms with Gasteiger partial charge in [-0.25, -0.2) is 0 Å². The first-order valence-electron chi connectivity index (χ1n) is 8.42. The maximum Gasteiger partial charge on any atom is 0.418 e. The van der Waals surface area contributed by atoms with Crippen molar-refractivity contribution in [2.24, 2.45) is 0 Å². The highest BCUT2D eigenvalue weighted by atomic mass is 19.4. The Hall–Kier alpha value is -3.17. The number of alkyl halides is 5. The van der Waals surface area contributed by atoms with Gasteiger partial charge < -0.3 is 15.0 Å². The molecule has 5 nitrogen and oxygen atoms in total. The summed E-state index contributed by atoms with van der Waals surface area (Å²) in [6.07, 6.45) is -4.65. The number of rotatable bonds is 7. The molecule has 0 saturated carbocycles. The third-order valence-corrected chi connectivity index (χ3v) is 3.84. The molecule has 0 fully saturated rings. The Kier molecular flexibility index (Phi) is 7.13. The number of hydrogen-bond acceptors (Lipinski definition) is 3. The van der Waals surface area contributed by atoms with Crippen LogP contribution < -0.4 is 10.1 Å². The van der Waals surface area contributed by atoms with Crippen molar-refractivity contribution in [2.75, 3.05) is 18.4 Å². The van der Waals surface area contributed by atoms with Crippen molar-refractivity contribution < 1.29 is 36.3 Å². The molecule has 2 aromatic rings. The first-order valence-corrected chi connectivity index (χ1v) is 8.42. The quantitative estimate of drug-likeness (QED) is 0.681. The minimum Gasteiger partial charge on any atom is -0.435 e. The van der Waals surface area contributed by atoms with Gasteiger partial charge in [-0.3, -0.25) is 9.59 Å². The highest BCUT2D eigenvalue weighted by Crippen LogP contribution is 2.34. The molecule has 0 aliphatic rings. The number of amides is 2. The molecule has 29 heavy (non-hydrogen) atoms. The van der Waals surface area contributed by atoms with Gasteiger partial charge in [-0.05, 0) is 43.3 Å². The minimum absolute atomic E-state index is 0.0997. The van der Waals surface area contributed by atoms with E-state index in [0.717, 1.165) is 17.0 Å². The summed E-state index contributed by atoms with van der Waals surface area (Å²) in [5.74, 6) is -1.54. The van der Waals surface area contributed by atoms with Crippen LogP contribution in [-0.2, 0) is 11.0 Å². The van der Waals surface area contributed by atoms with Crippen molar-refractivity contribution in [1.29, 1.82) is 0 Å². The van der Waals surface area contributed by atoms with Crippen LogP contribution in [0.15, 0.2) is 48.5 Å². The molecule has 156 valence electrons. The Morgan fingerprint density at radius 3 is 2.24 bits per heavy atom. The summed E-state index contributed by atoms with van der Waals surface area (Å²) >= 11 is 0. The van der Waals surface area contributed by atoms with Crippen LogP contribution in [0.4, 0.5) is 27.6 Å². The van der Waals surface area contributed by atoms with Gasteiger partial charge in [0.05, 0.1) is 11.3 Å². The van der Waals surface area contributed by atoms with E-state index in [2.05, 4.69) is 10.1 Å². The number of para-hydroxylation sites is 1. The van der Waals surface area contributed by atoms with Crippen LogP contribution in [0.5, 0.6) is 5.75 Å². The second kappa shape index (κ2) is 9.35. The van der Waals surface area contributed by atoms with Crippen LogP contribution in [0.3, 0.4) is 0 Å². The van der Waals surface area contributed by atoms with E-state index in [1.807, 2.05) is 0 Å². The lowest BCUT2D eigenvalue weighted by Crippen LogP contribution is -2.38. The molecule has 0 aliphatic carbocycles. The molecule has 1 N–H and O–H groups in total. The highest BCUT2D eigenvalue weighted by Gasteiger charge is 2.33. The maximum atomic E-state index is 13.0. The molecule has 0 aromatic heterocycles. The fourth-order valence-electron chi connectivity index (χ4n) is 2.49. The number of carbonyl (C=O) groups is 2. The SMILES string of the molecule is CCN(CC(=O)Nc1ccccc1C(F)(F)F)C(=O)c1ccc(OC(F)F)cc1. The third-order valence-electron chi connectivity index (χ3n) is 3.84. The topological polar surface area (TPSA) is 58.6 Å². The lowest BCUT2D eigenvalue weighted by Gasteiger charge is -2.21. The van der Waals surface area contributed by atoms with Gasteiger partial charge in [-0.2, -0.15) is 22.0 Å². The van der Waals surface area contributed by atoms with Crippen LogP contribution in [0.1, 0.15) is 22.8 Å². The second-order valence-corrected chi connectivity index (χ2v) is 5.81. The van der Waals surface area contributed by atoms with Gasteiger partial charge in [0, 0.05) is 12.1 Å². The van der Waals surface area contributed by atoms with Gasteiger partial charge in [0.25, 0.3) is 5.91 Å². The maximum absolute atomic E-state index is 13.0. The Balaban J connectivity index is 2.08. The number of halogens is 5. The molecule has 0 radical (unpaired) electrons. The zero-order valence-electron chi connectivity index (χ0n) is 15.2. The average molecular weight is 416 g/mol. The molecule has 0 aliphatic heterocycles. The van der Waals surface area contributed by atoms with Crippen LogP contribution in [0.25, 0.3) is 0 Å². The zero-order chi connectivity index (χ0) is 21.6. The summed E-state index contributed by atoms with van der Waals surface area (Å²) in [5, 5.41) is 2.16. The summed E-state index contributed by atoms with van der Waals surface area (Å²) in [4.78, 5) is 25.8. The Morgan fingerprint density at radius 2 is 1.69 bits per heavy atom. The number of anilines is 1. The van der Waals surface area contributed by atoms with Crippen LogP contribution in [0.2, 0.25) is 0 Å². The van der Waals surface area contributed by atoms with Gasteiger partial charge in [0.15, 0.2) is 0 Å². The molecule has 2 rings (SSSR count). The number of benzene rings is 2. The van der Waals surface area contributed by atoms with Gasteiger partial charge >= 0.3 is 12.8 Å². The van der Waals surface area contributed by atoms with Gasteiger partial charge in [0.2, 0.25) is 5.91 Å². The first-order chi connectivity index (χ1) is 13.6. The molecule has 0 unspecified atom stereocenters. The summed E-state index contributed by atoms with van der Waals surface area (Å²) in [7, 11) is 0. The normalized spacial score (nSPS) is 11.3. The smallest absolute Gasteiger partial charge is 0.418 e.